The summed E-state index contributed by atoms with van der Waals surface area (Å²) in [5, 5.41) is 10.0. The van der Waals surface area contributed by atoms with E-state index in [2.05, 4.69) is 4.98 Å². The lowest BCUT2D eigenvalue weighted by molar-refractivity contribution is 0.413. The summed E-state index contributed by atoms with van der Waals surface area (Å²) in [6, 6.07) is 7.04. The van der Waals surface area contributed by atoms with Gasteiger partial charge in [0.15, 0.2) is 0 Å². The van der Waals surface area contributed by atoms with E-state index in [-0.39, 0.29) is 5.76 Å². The van der Waals surface area contributed by atoms with Crippen molar-refractivity contribution < 1.29 is 9.50 Å². The van der Waals surface area contributed by atoms with E-state index >= 15 is 0 Å². The Morgan fingerprint density at radius 3 is 2.67 bits per heavy atom. The van der Waals surface area contributed by atoms with Gasteiger partial charge in [-0.25, -0.2) is 4.98 Å². The van der Waals surface area contributed by atoms with E-state index in [4.69, 9.17) is 11.6 Å². The van der Waals surface area contributed by atoms with Gasteiger partial charge in [-0.05, 0) is 49.8 Å². The molecule has 2 rings (SSSR count). The molecule has 2 aromatic rings. The number of allylic oxidation sites excluding steroid dienone is 4. The first-order valence-electron chi connectivity index (χ1n) is 6.39. The monoisotopic (exact) mass is 323 g/mol. The fourth-order valence-electron chi connectivity index (χ4n) is 1.86. The predicted octanol–water partition coefficient (Wildman–Crippen LogP) is 5.47. The van der Waals surface area contributed by atoms with Crippen LogP contribution in [0, 0.1) is 5.95 Å². The van der Waals surface area contributed by atoms with Crippen LogP contribution in [-0.2, 0) is 6.42 Å². The molecule has 0 aliphatic carbocycles. The highest BCUT2D eigenvalue weighted by molar-refractivity contribution is 7.15. The maximum atomic E-state index is 12.8. The van der Waals surface area contributed by atoms with Gasteiger partial charge in [-0.2, -0.15) is 4.39 Å². The van der Waals surface area contributed by atoms with E-state index in [0.29, 0.717) is 11.5 Å². The third-order valence-corrected chi connectivity index (χ3v) is 4.24. The number of pyridine rings is 1. The minimum Gasteiger partial charge on any atom is -0.513 e. The van der Waals surface area contributed by atoms with E-state index < -0.39 is 5.95 Å². The molecule has 0 spiro atoms. The number of nitrogens with zero attached hydrogens (tertiary/aromatic N) is 1. The molecule has 0 bridgehead atoms. The van der Waals surface area contributed by atoms with E-state index in [9.17, 15) is 9.50 Å². The number of halogens is 2. The zero-order valence-corrected chi connectivity index (χ0v) is 13.3. The second kappa shape index (κ2) is 6.87. The van der Waals surface area contributed by atoms with Gasteiger partial charge < -0.3 is 5.11 Å². The Morgan fingerprint density at radius 1 is 1.33 bits per heavy atom. The summed E-state index contributed by atoms with van der Waals surface area (Å²) >= 11 is 7.65. The van der Waals surface area contributed by atoms with E-state index in [1.54, 1.807) is 37.3 Å². The molecule has 0 fully saturated rings. The highest BCUT2D eigenvalue weighted by Crippen LogP contribution is 2.30. The number of hydrogen-bond donors (Lipinski definition) is 1. The van der Waals surface area contributed by atoms with Crippen LogP contribution < -0.4 is 0 Å². The molecule has 1 N–H and O–H groups in total. The average molecular weight is 324 g/mol. The van der Waals surface area contributed by atoms with Crippen molar-refractivity contribution in [2.24, 2.45) is 0 Å². The van der Waals surface area contributed by atoms with Gasteiger partial charge in [0.05, 0.1) is 5.76 Å². The molecule has 2 nitrogen and oxygen atoms in total. The van der Waals surface area contributed by atoms with Gasteiger partial charge in [0.1, 0.15) is 0 Å². The van der Waals surface area contributed by atoms with E-state index in [1.807, 2.05) is 12.1 Å². The van der Waals surface area contributed by atoms with Crippen LogP contribution in [0.1, 0.15) is 18.7 Å². The molecule has 5 heteroatoms. The summed E-state index contributed by atoms with van der Waals surface area (Å²) in [6.07, 6.45) is 3.83. The number of aromatic nitrogens is 1. The van der Waals surface area contributed by atoms with Gasteiger partial charge >= 0.3 is 0 Å². The molecule has 0 radical (unpaired) electrons. The van der Waals surface area contributed by atoms with Gasteiger partial charge in [0.2, 0.25) is 5.95 Å². The highest BCUT2D eigenvalue weighted by Gasteiger charge is 2.07. The summed E-state index contributed by atoms with van der Waals surface area (Å²) in [5.74, 6) is -0.258. The van der Waals surface area contributed by atoms with Crippen LogP contribution in [-0.4, -0.2) is 10.1 Å². The van der Waals surface area contributed by atoms with E-state index in [0.717, 1.165) is 20.9 Å². The van der Waals surface area contributed by atoms with Crippen LogP contribution in [0.25, 0.3) is 10.4 Å². The van der Waals surface area contributed by atoms with Crippen LogP contribution in [0.4, 0.5) is 4.39 Å². The summed E-state index contributed by atoms with van der Waals surface area (Å²) in [5.41, 5.74) is 1.76. The summed E-state index contributed by atoms with van der Waals surface area (Å²) in [6.45, 7) is 3.42. The first-order chi connectivity index (χ1) is 9.95. The Morgan fingerprint density at radius 2 is 2.10 bits per heavy atom. The van der Waals surface area contributed by atoms with Crippen molar-refractivity contribution in [1.82, 2.24) is 4.98 Å². The quantitative estimate of drug-likeness (QED) is 0.460. The number of aliphatic hydroxyl groups excluding tert-OH is 1. The third kappa shape index (κ3) is 4.41. The van der Waals surface area contributed by atoms with Crippen LogP contribution in [0.5, 0.6) is 0 Å². The smallest absolute Gasteiger partial charge is 0.212 e. The lowest BCUT2D eigenvalue weighted by atomic mass is 10.1. The number of hydrogen-bond acceptors (Lipinski definition) is 3. The molecular weight excluding hydrogens is 309 g/mol. The molecule has 0 atom stereocenters. The normalized spacial score (nSPS) is 13.2. The molecule has 0 aliphatic heterocycles. The Kier molecular flexibility index (Phi) is 5.15. The number of thiophene rings is 1. The summed E-state index contributed by atoms with van der Waals surface area (Å²) in [7, 11) is 0. The summed E-state index contributed by atoms with van der Waals surface area (Å²) in [4.78, 5) is 5.80. The van der Waals surface area contributed by atoms with Crippen molar-refractivity contribution in [3.8, 4) is 10.4 Å². The number of aliphatic hydroxyl groups is 1. The Balaban J connectivity index is 2.22. The Hall–Kier alpha value is -1.65. The zero-order valence-electron chi connectivity index (χ0n) is 11.7. The van der Waals surface area contributed by atoms with Crippen molar-refractivity contribution >= 4 is 22.9 Å². The molecule has 0 saturated carbocycles. The Labute approximate surface area is 132 Å². The van der Waals surface area contributed by atoms with Crippen molar-refractivity contribution in [3.63, 3.8) is 0 Å². The first kappa shape index (κ1) is 15.7. The lowest BCUT2D eigenvalue weighted by Gasteiger charge is -2.02. The minimum absolute atomic E-state index is 0.226. The standard InChI is InChI=1S/C16H15ClFNOS/c1-10(20)7-13(11(2)17)8-14-4-5-15(21-14)12-3-6-16(18)19-9-12/h3-7,9,20H,8H2,1-2H3/b10-7+,13-11-. The minimum atomic E-state index is -0.484. The van der Waals surface area contributed by atoms with Gasteiger partial charge in [-0.1, -0.05) is 11.6 Å². The van der Waals surface area contributed by atoms with Crippen molar-refractivity contribution in [2.75, 3.05) is 0 Å². The van der Waals surface area contributed by atoms with Crippen molar-refractivity contribution in [3.05, 3.63) is 63.7 Å². The number of rotatable bonds is 4. The fourth-order valence-corrected chi connectivity index (χ4v) is 3.00. The second-order valence-electron chi connectivity index (χ2n) is 4.66. The van der Waals surface area contributed by atoms with Crippen LogP contribution in [0.3, 0.4) is 0 Å². The highest BCUT2D eigenvalue weighted by atomic mass is 35.5. The summed E-state index contributed by atoms with van der Waals surface area (Å²) < 4.78 is 12.8. The van der Waals surface area contributed by atoms with Gasteiger partial charge in [-0.15, -0.1) is 11.3 Å². The van der Waals surface area contributed by atoms with Crippen molar-refractivity contribution in [2.45, 2.75) is 20.3 Å². The van der Waals surface area contributed by atoms with Gasteiger partial charge in [0, 0.05) is 33.0 Å². The maximum Gasteiger partial charge on any atom is 0.212 e. The SMILES string of the molecule is C/C(O)=C\C(Cc1ccc(-c2ccc(F)nc2)s1)=C(/C)Cl. The van der Waals surface area contributed by atoms with E-state index in [1.165, 1.54) is 12.3 Å². The molecule has 0 saturated heterocycles. The lowest BCUT2D eigenvalue weighted by Crippen LogP contribution is -1.88. The first-order valence-corrected chi connectivity index (χ1v) is 7.58. The molecule has 0 aliphatic rings. The largest absolute Gasteiger partial charge is 0.513 e. The molecule has 2 aromatic heterocycles. The van der Waals surface area contributed by atoms with Gasteiger partial charge in [0.25, 0.3) is 0 Å². The topological polar surface area (TPSA) is 33.1 Å². The average Bonchev–Trinajstić information content (AvgIpc) is 2.87. The maximum absolute atomic E-state index is 12.8. The molecule has 0 unspecified atom stereocenters. The van der Waals surface area contributed by atoms with Crippen molar-refractivity contribution in [1.29, 1.82) is 0 Å². The molecule has 2 heterocycles. The fraction of sp³-hybridized carbons (Fsp3) is 0.188. The predicted molar refractivity (Wildman–Crippen MR) is 86.2 cm³/mol. The van der Waals surface area contributed by atoms with Gasteiger partial charge in [-0.3, -0.25) is 0 Å². The molecule has 21 heavy (non-hydrogen) atoms. The molecule has 110 valence electrons. The molecule has 0 amide bonds. The molecule has 0 aromatic carbocycles. The Bertz CT molecular complexity index is 681. The second-order valence-corrected chi connectivity index (χ2v) is 6.39. The van der Waals surface area contributed by atoms with Crippen LogP contribution in [0.15, 0.2) is 52.9 Å². The van der Waals surface area contributed by atoms with Crippen LogP contribution >= 0.6 is 22.9 Å². The zero-order chi connectivity index (χ0) is 15.4. The van der Waals surface area contributed by atoms with Crippen LogP contribution in [0.2, 0.25) is 0 Å². The third-order valence-electron chi connectivity index (χ3n) is 2.86. The molecular formula is C16H15ClFNOS.